The third kappa shape index (κ3) is 3.52. The Morgan fingerprint density at radius 2 is 1.59 bits per heavy atom. The lowest BCUT2D eigenvalue weighted by Crippen LogP contribution is -2.33. The summed E-state index contributed by atoms with van der Waals surface area (Å²) in [6, 6.07) is 19.6. The first-order valence-corrected chi connectivity index (χ1v) is 10.1. The zero-order valence-electron chi connectivity index (χ0n) is 14.5. The molecule has 0 bridgehead atoms. The van der Waals surface area contributed by atoms with E-state index in [0.29, 0.717) is 16.5 Å². The van der Waals surface area contributed by atoms with Crippen LogP contribution in [-0.2, 0) is 16.6 Å². The zero-order valence-corrected chi connectivity index (χ0v) is 17.6. The van der Waals surface area contributed by atoms with Crippen molar-refractivity contribution in [2.75, 3.05) is 5.32 Å². The molecule has 0 radical (unpaired) electrons. The summed E-state index contributed by atoms with van der Waals surface area (Å²) in [5.41, 5.74) is 4.25. The standard InChI is InChI=1S/C22H16BrCl2NO/c1-22(12-13-2-5-16(23)6-3-13)19-7-4-14(10-20(19)26-21(22)27)15-8-17(24)11-18(25)9-15/h2-11H,12H2,1H3,(H,26,27). The first kappa shape index (κ1) is 18.5. The fourth-order valence-electron chi connectivity index (χ4n) is 3.60. The molecule has 3 aromatic rings. The van der Waals surface area contributed by atoms with Crippen LogP contribution in [0.2, 0.25) is 10.0 Å². The highest BCUT2D eigenvalue weighted by molar-refractivity contribution is 9.10. The second-order valence-corrected chi connectivity index (χ2v) is 8.80. The molecule has 1 atom stereocenters. The molecule has 3 aromatic carbocycles. The molecule has 1 aliphatic heterocycles. The van der Waals surface area contributed by atoms with Gasteiger partial charge >= 0.3 is 0 Å². The molecule has 4 rings (SSSR count). The molecule has 0 saturated heterocycles. The van der Waals surface area contributed by atoms with Crippen LogP contribution in [0, 0.1) is 0 Å². The largest absolute Gasteiger partial charge is 0.325 e. The third-order valence-corrected chi connectivity index (χ3v) is 6.00. The molecule has 1 amide bonds. The minimum atomic E-state index is -0.604. The molecule has 0 aromatic heterocycles. The Morgan fingerprint density at radius 3 is 2.26 bits per heavy atom. The Morgan fingerprint density at radius 1 is 0.926 bits per heavy atom. The molecule has 5 heteroatoms. The van der Waals surface area contributed by atoms with Crippen LogP contribution in [-0.4, -0.2) is 5.91 Å². The highest BCUT2D eigenvalue weighted by atomic mass is 79.9. The normalized spacial score (nSPS) is 18.3. The summed E-state index contributed by atoms with van der Waals surface area (Å²) >= 11 is 15.7. The van der Waals surface area contributed by atoms with Crippen LogP contribution in [0.25, 0.3) is 11.1 Å². The molecule has 136 valence electrons. The summed E-state index contributed by atoms with van der Waals surface area (Å²) < 4.78 is 1.03. The highest BCUT2D eigenvalue weighted by Crippen LogP contribution is 2.42. The Balaban J connectivity index is 1.72. The number of halogens is 3. The summed E-state index contributed by atoms with van der Waals surface area (Å²) in [7, 11) is 0. The van der Waals surface area contributed by atoms with E-state index in [1.54, 1.807) is 6.07 Å². The maximum atomic E-state index is 12.8. The van der Waals surface area contributed by atoms with Crippen LogP contribution < -0.4 is 5.32 Å². The van der Waals surface area contributed by atoms with E-state index in [-0.39, 0.29) is 5.91 Å². The van der Waals surface area contributed by atoms with E-state index in [1.807, 2.05) is 61.5 Å². The van der Waals surface area contributed by atoms with Gasteiger partial charge in [0.15, 0.2) is 0 Å². The minimum absolute atomic E-state index is 0.0155. The van der Waals surface area contributed by atoms with Gasteiger partial charge in [0, 0.05) is 20.2 Å². The molecule has 1 N–H and O–H groups in total. The third-order valence-electron chi connectivity index (χ3n) is 5.03. The Bertz CT molecular complexity index is 1030. The molecule has 1 aliphatic rings. The van der Waals surface area contributed by atoms with E-state index in [4.69, 9.17) is 23.2 Å². The molecule has 0 aliphatic carbocycles. The SMILES string of the molecule is CC1(Cc2ccc(Br)cc2)C(=O)Nc2cc(-c3cc(Cl)cc(Cl)c3)ccc21. The second kappa shape index (κ2) is 6.97. The number of carbonyl (C=O) groups is 1. The van der Waals surface area contributed by atoms with Gasteiger partial charge < -0.3 is 5.32 Å². The number of rotatable bonds is 3. The van der Waals surface area contributed by atoms with Crippen molar-refractivity contribution in [1.29, 1.82) is 0 Å². The molecule has 0 fully saturated rings. The lowest BCUT2D eigenvalue weighted by atomic mass is 9.78. The van der Waals surface area contributed by atoms with Gasteiger partial charge in [0.2, 0.25) is 5.91 Å². The molecule has 27 heavy (non-hydrogen) atoms. The van der Waals surface area contributed by atoms with Crippen molar-refractivity contribution < 1.29 is 4.79 Å². The van der Waals surface area contributed by atoms with Crippen molar-refractivity contribution in [3.63, 3.8) is 0 Å². The van der Waals surface area contributed by atoms with Gasteiger partial charge in [-0.2, -0.15) is 0 Å². The van der Waals surface area contributed by atoms with Crippen LogP contribution >= 0.6 is 39.1 Å². The zero-order chi connectivity index (χ0) is 19.2. The lowest BCUT2D eigenvalue weighted by Gasteiger charge is -2.22. The number of carbonyl (C=O) groups excluding carboxylic acids is 1. The molecule has 1 heterocycles. The Labute approximate surface area is 176 Å². The van der Waals surface area contributed by atoms with E-state index < -0.39 is 5.41 Å². The van der Waals surface area contributed by atoms with Gasteiger partial charge in [-0.05, 0) is 72.0 Å². The fraction of sp³-hybridized carbons (Fsp3) is 0.136. The number of anilines is 1. The van der Waals surface area contributed by atoms with Crippen LogP contribution in [0.4, 0.5) is 5.69 Å². The molecule has 0 saturated carbocycles. The van der Waals surface area contributed by atoms with E-state index in [0.717, 1.165) is 32.4 Å². The van der Waals surface area contributed by atoms with Crippen molar-refractivity contribution in [2.45, 2.75) is 18.8 Å². The van der Waals surface area contributed by atoms with Crippen LogP contribution in [0.15, 0.2) is 65.1 Å². The molecular formula is C22H16BrCl2NO. The van der Waals surface area contributed by atoms with Crippen molar-refractivity contribution >= 4 is 50.7 Å². The van der Waals surface area contributed by atoms with E-state index in [1.165, 1.54) is 0 Å². The van der Waals surface area contributed by atoms with E-state index in [9.17, 15) is 4.79 Å². The highest BCUT2D eigenvalue weighted by Gasteiger charge is 2.42. The summed E-state index contributed by atoms with van der Waals surface area (Å²) in [5.74, 6) is 0.0155. The molecular weight excluding hydrogens is 445 g/mol. The van der Waals surface area contributed by atoms with Crippen molar-refractivity contribution in [3.8, 4) is 11.1 Å². The predicted molar refractivity (Wildman–Crippen MR) is 116 cm³/mol. The van der Waals surface area contributed by atoms with Gasteiger partial charge in [0.05, 0.1) is 5.41 Å². The summed E-state index contributed by atoms with van der Waals surface area (Å²) in [6.07, 6.45) is 0.640. The monoisotopic (exact) mass is 459 g/mol. The number of nitrogens with one attached hydrogen (secondary N) is 1. The maximum Gasteiger partial charge on any atom is 0.235 e. The van der Waals surface area contributed by atoms with Crippen molar-refractivity contribution in [1.82, 2.24) is 0 Å². The molecule has 0 spiro atoms. The van der Waals surface area contributed by atoms with E-state index >= 15 is 0 Å². The second-order valence-electron chi connectivity index (χ2n) is 7.01. The number of hydrogen-bond acceptors (Lipinski definition) is 1. The van der Waals surface area contributed by atoms with Gasteiger partial charge in [-0.3, -0.25) is 4.79 Å². The maximum absolute atomic E-state index is 12.8. The van der Waals surface area contributed by atoms with Gasteiger partial charge in [0.25, 0.3) is 0 Å². The number of hydrogen-bond donors (Lipinski definition) is 1. The Kier molecular flexibility index (Phi) is 4.79. The Hall–Kier alpha value is -1.81. The summed E-state index contributed by atoms with van der Waals surface area (Å²) in [4.78, 5) is 12.8. The van der Waals surface area contributed by atoms with E-state index in [2.05, 4.69) is 21.2 Å². The van der Waals surface area contributed by atoms with Gasteiger partial charge in [0.1, 0.15) is 0 Å². The quantitative estimate of drug-likeness (QED) is 0.453. The smallest absolute Gasteiger partial charge is 0.235 e. The average Bonchev–Trinajstić information content (AvgIpc) is 2.86. The minimum Gasteiger partial charge on any atom is -0.325 e. The summed E-state index contributed by atoms with van der Waals surface area (Å²) in [5, 5.41) is 4.22. The first-order valence-electron chi connectivity index (χ1n) is 8.52. The predicted octanol–water partition coefficient (Wildman–Crippen LogP) is 6.88. The number of fused-ring (bicyclic) bond motifs is 1. The average molecular weight is 461 g/mol. The van der Waals surface area contributed by atoms with Crippen LogP contribution in [0.5, 0.6) is 0 Å². The lowest BCUT2D eigenvalue weighted by molar-refractivity contribution is -0.120. The topological polar surface area (TPSA) is 29.1 Å². The molecule has 2 nitrogen and oxygen atoms in total. The van der Waals surface area contributed by atoms with Crippen molar-refractivity contribution in [3.05, 3.63) is 86.3 Å². The number of amides is 1. The first-order chi connectivity index (χ1) is 12.8. The molecule has 1 unspecified atom stereocenters. The number of benzene rings is 3. The van der Waals surface area contributed by atoms with Gasteiger partial charge in [-0.25, -0.2) is 0 Å². The fourth-order valence-corrected chi connectivity index (χ4v) is 4.39. The van der Waals surface area contributed by atoms with Crippen LogP contribution in [0.3, 0.4) is 0 Å². The van der Waals surface area contributed by atoms with Crippen molar-refractivity contribution in [2.24, 2.45) is 0 Å². The van der Waals surface area contributed by atoms with Crippen LogP contribution in [0.1, 0.15) is 18.1 Å². The summed E-state index contributed by atoms with van der Waals surface area (Å²) in [6.45, 7) is 1.99. The van der Waals surface area contributed by atoms with Gasteiger partial charge in [-0.1, -0.05) is 63.4 Å². The van der Waals surface area contributed by atoms with Gasteiger partial charge in [-0.15, -0.1) is 0 Å².